The molecule has 4 nitrogen and oxygen atoms in total. The first-order valence-electron chi connectivity index (χ1n) is 5.71. The normalized spacial score (nSPS) is 13.4. The molecule has 2 N–H and O–H groups in total. The van der Waals surface area contributed by atoms with Gasteiger partial charge in [-0.1, -0.05) is 13.8 Å². The van der Waals surface area contributed by atoms with Gasteiger partial charge < -0.3 is 10.4 Å². The Kier molecular flexibility index (Phi) is 4.88. The second-order valence-electron chi connectivity index (χ2n) is 4.45. The highest BCUT2D eigenvalue weighted by molar-refractivity contribution is 5.93. The van der Waals surface area contributed by atoms with Gasteiger partial charge >= 0.3 is 6.18 Å². The smallest absolute Gasteiger partial charge is 0.391 e. The molecule has 19 heavy (non-hydrogen) atoms. The van der Waals surface area contributed by atoms with Gasteiger partial charge in [0.25, 0.3) is 5.91 Å². The van der Waals surface area contributed by atoms with Gasteiger partial charge in [-0.15, -0.1) is 0 Å². The topological polar surface area (TPSA) is 62.2 Å². The first-order chi connectivity index (χ1) is 8.71. The van der Waals surface area contributed by atoms with Gasteiger partial charge in [-0.2, -0.15) is 13.2 Å². The lowest BCUT2D eigenvalue weighted by Gasteiger charge is -2.15. The van der Waals surface area contributed by atoms with Crippen molar-refractivity contribution in [3.05, 3.63) is 29.6 Å². The molecule has 0 fully saturated rings. The molecule has 106 valence electrons. The molecule has 1 unspecified atom stereocenters. The van der Waals surface area contributed by atoms with E-state index in [0.717, 1.165) is 18.3 Å². The van der Waals surface area contributed by atoms with Crippen LogP contribution < -0.4 is 5.32 Å². The maximum absolute atomic E-state index is 12.3. The highest BCUT2D eigenvalue weighted by Crippen LogP contribution is 2.27. The molecule has 1 amide bonds. The minimum Gasteiger partial charge on any atom is -0.391 e. The van der Waals surface area contributed by atoms with Crippen LogP contribution in [0.4, 0.5) is 13.2 Å². The summed E-state index contributed by atoms with van der Waals surface area (Å²) in [5, 5.41) is 11.9. The standard InChI is InChI=1S/C12H15F3N2O2/c1-7(2)9(18)6-17-11(19)8-3-4-10(16-5-8)12(13,14)15/h3-5,7,9,18H,6H2,1-2H3,(H,17,19). The van der Waals surface area contributed by atoms with Crippen molar-refractivity contribution in [3.63, 3.8) is 0 Å². The first-order valence-corrected chi connectivity index (χ1v) is 5.71. The number of pyridine rings is 1. The summed E-state index contributed by atoms with van der Waals surface area (Å²) in [6, 6.07) is 1.79. The summed E-state index contributed by atoms with van der Waals surface area (Å²) in [5.41, 5.74) is -1.03. The molecule has 1 aromatic rings. The van der Waals surface area contributed by atoms with E-state index in [1.165, 1.54) is 0 Å². The minimum absolute atomic E-state index is 0.0176. The van der Waals surface area contributed by atoms with E-state index < -0.39 is 23.9 Å². The lowest BCUT2D eigenvalue weighted by molar-refractivity contribution is -0.141. The molecule has 1 atom stereocenters. The van der Waals surface area contributed by atoms with Crippen LogP contribution in [-0.4, -0.2) is 28.6 Å². The molecule has 0 aliphatic carbocycles. The number of rotatable bonds is 4. The van der Waals surface area contributed by atoms with Crippen LogP contribution in [0.3, 0.4) is 0 Å². The van der Waals surface area contributed by atoms with Crippen molar-refractivity contribution in [3.8, 4) is 0 Å². The Bertz CT molecular complexity index is 430. The van der Waals surface area contributed by atoms with Gasteiger partial charge in [0.15, 0.2) is 0 Å². The molecule has 0 saturated carbocycles. The zero-order chi connectivity index (χ0) is 14.6. The summed E-state index contributed by atoms with van der Waals surface area (Å²) in [6.45, 7) is 3.62. The average Bonchev–Trinajstić information content (AvgIpc) is 2.34. The predicted molar refractivity (Wildman–Crippen MR) is 62.4 cm³/mol. The van der Waals surface area contributed by atoms with Gasteiger partial charge in [0.05, 0.1) is 11.7 Å². The van der Waals surface area contributed by atoms with E-state index >= 15 is 0 Å². The Labute approximate surface area is 108 Å². The summed E-state index contributed by atoms with van der Waals surface area (Å²) in [7, 11) is 0. The number of aliphatic hydroxyl groups is 1. The minimum atomic E-state index is -4.52. The van der Waals surface area contributed by atoms with E-state index in [1.54, 1.807) is 13.8 Å². The van der Waals surface area contributed by atoms with Crippen LogP contribution >= 0.6 is 0 Å². The summed E-state index contributed by atoms with van der Waals surface area (Å²) >= 11 is 0. The molecule has 0 aliphatic heterocycles. The molecule has 7 heteroatoms. The van der Waals surface area contributed by atoms with Crippen molar-refractivity contribution < 1.29 is 23.1 Å². The van der Waals surface area contributed by atoms with Gasteiger partial charge in [-0.3, -0.25) is 9.78 Å². The van der Waals surface area contributed by atoms with Crippen molar-refractivity contribution in [2.75, 3.05) is 6.54 Å². The van der Waals surface area contributed by atoms with Crippen LogP contribution in [0, 0.1) is 5.92 Å². The summed E-state index contributed by atoms with van der Waals surface area (Å²) in [6.07, 6.45) is -4.37. The number of carbonyl (C=O) groups is 1. The Morgan fingerprint density at radius 1 is 1.42 bits per heavy atom. The van der Waals surface area contributed by atoms with Crippen molar-refractivity contribution in [1.29, 1.82) is 0 Å². The number of aliphatic hydroxyl groups excluding tert-OH is 1. The number of alkyl halides is 3. The monoisotopic (exact) mass is 276 g/mol. The van der Waals surface area contributed by atoms with Gasteiger partial charge in [-0.25, -0.2) is 0 Å². The van der Waals surface area contributed by atoms with Crippen LogP contribution in [0.1, 0.15) is 29.9 Å². The first kappa shape index (κ1) is 15.4. The molecule has 0 aliphatic rings. The maximum atomic E-state index is 12.3. The molecule has 0 spiro atoms. The molecule has 0 saturated heterocycles. The summed E-state index contributed by atoms with van der Waals surface area (Å²) < 4.78 is 36.8. The Morgan fingerprint density at radius 3 is 2.47 bits per heavy atom. The third kappa shape index (κ3) is 4.51. The third-order valence-corrected chi connectivity index (χ3v) is 2.56. The van der Waals surface area contributed by atoms with Crippen molar-refractivity contribution >= 4 is 5.91 Å². The number of hydrogen-bond acceptors (Lipinski definition) is 3. The predicted octanol–water partition coefficient (Wildman–Crippen LogP) is 1.85. The molecule has 0 bridgehead atoms. The van der Waals surface area contributed by atoms with Crippen molar-refractivity contribution in [2.24, 2.45) is 5.92 Å². The van der Waals surface area contributed by atoms with E-state index in [9.17, 15) is 23.1 Å². The average molecular weight is 276 g/mol. The summed E-state index contributed by atoms with van der Waals surface area (Å²) in [4.78, 5) is 14.8. The van der Waals surface area contributed by atoms with Crippen LogP contribution in [-0.2, 0) is 6.18 Å². The number of nitrogens with zero attached hydrogens (tertiary/aromatic N) is 1. The second kappa shape index (κ2) is 6.01. The van der Waals surface area contributed by atoms with Gasteiger partial charge in [-0.05, 0) is 18.1 Å². The fraction of sp³-hybridized carbons (Fsp3) is 0.500. The summed E-state index contributed by atoms with van der Waals surface area (Å²) in [5.74, 6) is -0.591. The van der Waals surface area contributed by atoms with E-state index in [2.05, 4.69) is 10.3 Å². The van der Waals surface area contributed by atoms with E-state index in [-0.39, 0.29) is 18.0 Å². The zero-order valence-electron chi connectivity index (χ0n) is 10.5. The van der Waals surface area contributed by atoms with Crippen LogP contribution in [0.15, 0.2) is 18.3 Å². The second-order valence-corrected chi connectivity index (χ2v) is 4.45. The Balaban J connectivity index is 2.64. The molecule has 0 radical (unpaired) electrons. The van der Waals surface area contributed by atoms with Crippen LogP contribution in [0.25, 0.3) is 0 Å². The van der Waals surface area contributed by atoms with Crippen molar-refractivity contribution in [2.45, 2.75) is 26.1 Å². The third-order valence-electron chi connectivity index (χ3n) is 2.56. The number of hydrogen-bond donors (Lipinski definition) is 2. The number of carbonyl (C=O) groups excluding carboxylic acids is 1. The zero-order valence-corrected chi connectivity index (χ0v) is 10.5. The molecule has 1 rings (SSSR count). The van der Waals surface area contributed by atoms with Crippen LogP contribution in [0.5, 0.6) is 0 Å². The molecular formula is C12H15F3N2O2. The fourth-order valence-electron chi connectivity index (χ4n) is 1.23. The molecular weight excluding hydrogens is 261 g/mol. The lowest BCUT2D eigenvalue weighted by Crippen LogP contribution is -2.34. The van der Waals surface area contributed by atoms with Gasteiger partial charge in [0, 0.05) is 12.7 Å². The Morgan fingerprint density at radius 2 is 2.05 bits per heavy atom. The van der Waals surface area contributed by atoms with Crippen LogP contribution in [0.2, 0.25) is 0 Å². The molecule has 0 aromatic carbocycles. The van der Waals surface area contributed by atoms with E-state index in [1.807, 2.05) is 0 Å². The number of amides is 1. The molecule has 1 aromatic heterocycles. The largest absolute Gasteiger partial charge is 0.433 e. The molecule has 1 heterocycles. The SMILES string of the molecule is CC(C)C(O)CNC(=O)c1ccc(C(F)(F)F)nc1. The highest BCUT2D eigenvalue weighted by atomic mass is 19.4. The van der Waals surface area contributed by atoms with E-state index in [0.29, 0.717) is 0 Å². The van der Waals surface area contributed by atoms with Crippen molar-refractivity contribution in [1.82, 2.24) is 10.3 Å². The number of halogens is 3. The maximum Gasteiger partial charge on any atom is 0.433 e. The van der Waals surface area contributed by atoms with E-state index in [4.69, 9.17) is 0 Å². The Hall–Kier alpha value is -1.63. The number of aromatic nitrogens is 1. The fourth-order valence-corrected chi connectivity index (χ4v) is 1.23. The lowest BCUT2D eigenvalue weighted by atomic mass is 10.1. The quantitative estimate of drug-likeness (QED) is 0.882. The van der Waals surface area contributed by atoms with Gasteiger partial charge in [0.2, 0.25) is 0 Å². The number of nitrogens with one attached hydrogen (secondary N) is 1. The van der Waals surface area contributed by atoms with Gasteiger partial charge in [0.1, 0.15) is 5.69 Å². The highest BCUT2D eigenvalue weighted by Gasteiger charge is 2.32.